The zero-order valence-electron chi connectivity index (χ0n) is 16.3. The molecular formula is C20H33IN4O2. The molecule has 0 saturated carbocycles. The van der Waals surface area contributed by atoms with Gasteiger partial charge in [-0.05, 0) is 30.4 Å². The molecule has 2 aliphatic rings. The monoisotopic (exact) mass is 488 g/mol. The Hall–Kier alpha value is -0.900. The van der Waals surface area contributed by atoms with Crippen molar-refractivity contribution in [3.05, 3.63) is 35.4 Å². The highest BCUT2D eigenvalue weighted by molar-refractivity contribution is 14.0. The van der Waals surface area contributed by atoms with Gasteiger partial charge in [-0.25, -0.2) is 0 Å². The lowest BCUT2D eigenvalue weighted by Gasteiger charge is -2.27. The van der Waals surface area contributed by atoms with E-state index in [0.717, 1.165) is 64.9 Å². The number of nitrogens with one attached hydrogen (secondary N) is 2. The maximum atomic E-state index is 5.67. The van der Waals surface area contributed by atoms with Crippen LogP contribution in [0.4, 0.5) is 0 Å². The minimum absolute atomic E-state index is 0. The molecule has 2 aliphatic heterocycles. The molecule has 2 heterocycles. The van der Waals surface area contributed by atoms with Crippen LogP contribution in [0.1, 0.15) is 30.4 Å². The van der Waals surface area contributed by atoms with E-state index in [-0.39, 0.29) is 24.0 Å². The standard InChI is InChI=1S/C20H32N4O2.HI/c1-21-20(22-9-8-19-7-4-12-26-19)23-15-17-5-2-3-6-18(17)16-24-10-13-25-14-11-24;/h2-3,5-6,19H,4,7-16H2,1H3,(H2,21,22,23);1H. The van der Waals surface area contributed by atoms with E-state index >= 15 is 0 Å². The molecule has 1 atom stereocenters. The van der Waals surface area contributed by atoms with Crippen LogP contribution < -0.4 is 10.6 Å². The fourth-order valence-corrected chi connectivity index (χ4v) is 3.51. The number of ether oxygens (including phenoxy) is 2. The van der Waals surface area contributed by atoms with Gasteiger partial charge in [-0.2, -0.15) is 0 Å². The smallest absolute Gasteiger partial charge is 0.191 e. The summed E-state index contributed by atoms with van der Waals surface area (Å²) in [6.45, 7) is 7.25. The number of benzene rings is 1. The molecule has 0 bridgehead atoms. The molecular weight excluding hydrogens is 455 g/mol. The second-order valence-corrected chi connectivity index (χ2v) is 6.93. The summed E-state index contributed by atoms with van der Waals surface area (Å²) in [6.07, 6.45) is 3.82. The van der Waals surface area contributed by atoms with E-state index in [4.69, 9.17) is 9.47 Å². The number of hydrogen-bond donors (Lipinski definition) is 2. The molecule has 0 aromatic heterocycles. The number of morpholine rings is 1. The van der Waals surface area contributed by atoms with Crippen molar-refractivity contribution in [3.8, 4) is 0 Å². The van der Waals surface area contributed by atoms with Crippen LogP contribution in [0.25, 0.3) is 0 Å². The minimum atomic E-state index is 0. The molecule has 6 nitrogen and oxygen atoms in total. The van der Waals surface area contributed by atoms with Gasteiger partial charge in [-0.1, -0.05) is 24.3 Å². The summed E-state index contributed by atoms with van der Waals surface area (Å²) in [6, 6.07) is 8.64. The van der Waals surface area contributed by atoms with Crippen LogP contribution in [-0.2, 0) is 22.6 Å². The van der Waals surface area contributed by atoms with Crippen LogP contribution in [0.5, 0.6) is 0 Å². The Morgan fingerprint density at radius 2 is 1.93 bits per heavy atom. The molecule has 0 spiro atoms. The van der Waals surface area contributed by atoms with Crippen LogP contribution in [0.3, 0.4) is 0 Å². The van der Waals surface area contributed by atoms with E-state index in [0.29, 0.717) is 6.10 Å². The molecule has 0 amide bonds. The van der Waals surface area contributed by atoms with Crippen molar-refractivity contribution in [3.63, 3.8) is 0 Å². The van der Waals surface area contributed by atoms with E-state index in [1.807, 2.05) is 7.05 Å². The van der Waals surface area contributed by atoms with E-state index < -0.39 is 0 Å². The first-order valence-electron chi connectivity index (χ1n) is 9.78. The van der Waals surface area contributed by atoms with Crippen LogP contribution >= 0.6 is 24.0 Å². The highest BCUT2D eigenvalue weighted by Gasteiger charge is 2.15. The lowest BCUT2D eigenvalue weighted by Crippen LogP contribution is -2.39. The van der Waals surface area contributed by atoms with Gasteiger partial charge in [0.15, 0.2) is 5.96 Å². The third kappa shape index (κ3) is 7.56. The normalized spacial score (nSPS) is 20.9. The molecule has 152 valence electrons. The third-order valence-corrected chi connectivity index (χ3v) is 5.07. The third-order valence-electron chi connectivity index (χ3n) is 5.07. The van der Waals surface area contributed by atoms with Crippen LogP contribution in [-0.4, -0.2) is 63.5 Å². The number of nitrogens with zero attached hydrogens (tertiary/aromatic N) is 2. The largest absolute Gasteiger partial charge is 0.379 e. The Labute approximate surface area is 180 Å². The topological polar surface area (TPSA) is 58.1 Å². The van der Waals surface area contributed by atoms with Crippen molar-refractivity contribution >= 4 is 29.9 Å². The van der Waals surface area contributed by atoms with Crippen molar-refractivity contribution in [2.75, 3.05) is 46.5 Å². The highest BCUT2D eigenvalue weighted by atomic mass is 127. The van der Waals surface area contributed by atoms with Gasteiger partial charge >= 0.3 is 0 Å². The number of guanidine groups is 1. The second kappa shape index (κ2) is 12.5. The SMILES string of the molecule is CN=C(NCCC1CCCO1)NCc1ccccc1CN1CCOCC1.I. The Bertz CT molecular complexity index is 573. The number of halogens is 1. The molecule has 2 saturated heterocycles. The lowest BCUT2D eigenvalue weighted by atomic mass is 10.1. The Morgan fingerprint density at radius 3 is 2.63 bits per heavy atom. The Kier molecular flexibility index (Phi) is 10.4. The van der Waals surface area contributed by atoms with E-state index in [9.17, 15) is 0 Å². The van der Waals surface area contributed by atoms with Gasteiger partial charge in [0.1, 0.15) is 0 Å². The number of rotatable bonds is 7. The van der Waals surface area contributed by atoms with Crippen LogP contribution in [0.2, 0.25) is 0 Å². The van der Waals surface area contributed by atoms with Gasteiger partial charge in [0.25, 0.3) is 0 Å². The van der Waals surface area contributed by atoms with Crippen LogP contribution in [0.15, 0.2) is 29.3 Å². The van der Waals surface area contributed by atoms with Gasteiger partial charge in [-0.15, -0.1) is 24.0 Å². The van der Waals surface area contributed by atoms with Gasteiger partial charge in [-0.3, -0.25) is 9.89 Å². The molecule has 1 aromatic carbocycles. The van der Waals surface area contributed by atoms with E-state index in [1.165, 1.54) is 24.0 Å². The molecule has 7 heteroatoms. The molecule has 2 N–H and O–H groups in total. The van der Waals surface area contributed by atoms with E-state index in [2.05, 4.69) is 44.8 Å². The molecule has 1 aromatic rings. The van der Waals surface area contributed by atoms with Gasteiger partial charge in [0, 0.05) is 46.4 Å². The fourth-order valence-electron chi connectivity index (χ4n) is 3.51. The van der Waals surface area contributed by atoms with Gasteiger partial charge in [0.05, 0.1) is 19.3 Å². The van der Waals surface area contributed by atoms with Crippen molar-refractivity contribution in [2.24, 2.45) is 4.99 Å². The van der Waals surface area contributed by atoms with Gasteiger partial charge in [0.2, 0.25) is 0 Å². The van der Waals surface area contributed by atoms with Crippen LogP contribution in [0, 0.1) is 0 Å². The minimum Gasteiger partial charge on any atom is -0.379 e. The molecule has 1 unspecified atom stereocenters. The predicted molar refractivity (Wildman–Crippen MR) is 120 cm³/mol. The maximum Gasteiger partial charge on any atom is 0.191 e. The highest BCUT2D eigenvalue weighted by Crippen LogP contribution is 2.14. The second-order valence-electron chi connectivity index (χ2n) is 6.93. The van der Waals surface area contributed by atoms with Crippen molar-refractivity contribution in [1.82, 2.24) is 15.5 Å². The summed E-state index contributed by atoms with van der Waals surface area (Å²) in [7, 11) is 1.82. The molecule has 2 fully saturated rings. The fraction of sp³-hybridized carbons (Fsp3) is 0.650. The summed E-state index contributed by atoms with van der Waals surface area (Å²) in [5, 5.41) is 6.84. The molecule has 27 heavy (non-hydrogen) atoms. The van der Waals surface area contributed by atoms with Gasteiger partial charge < -0.3 is 20.1 Å². The zero-order valence-corrected chi connectivity index (χ0v) is 18.6. The molecule has 0 radical (unpaired) electrons. The summed E-state index contributed by atoms with van der Waals surface area (Å²) in [5.74, 6) is 0.851. The van der Waals surface area contributed by atoms with Crippen molar-refractivity contribution < 1.29 is 9.47 Å². The predicted octanol–water partition coefficient (Wildman–Crippen LogP) is 2.37. The first-order valence-corrected chi connectivity index (χ1v) is 9.78. The number of aliphatic imine (C=N–C) groups is 1. The Morgan fingerprint density at radius 1 is 1.15 bits per heavy atom. The zero-order chi connectivity index (χ0) is 18.0. The molecule has 3 rings (SSSR count). The summed E-state index contributed by atoms with van der Waals surface area (Å²) < 4.78 is 11.1. The Balaban J connectivity index is 0.00000261. The van der Waals surface area contributed by atoms with Crippen molar-refractivity contribution in [2.45, 2.75) is 38.5 Å². The number of hydrogen-bond acceptors (Lipinski definition) is 4. The average Bonchev–Trinajstić information content (AvgIpc) is 3.20. The maximum absolute atomic E-state index is 5.67. The lowest BCUT2D eigenvalue weighted by molar-refractivity contribution is 0.0341. The molecule has 0 aliphatic carbocycles. The first kappa shape index (κ1) is 22.4. The summed E-state index contributed by atoms with van der Waals surface area (Å²) in [5.41, 5.74) is 2.69. The summed E-state index contributed by atoms with van der Waals surface area (Å²) >= 11 is 0. The first-order chi connectivity index (χ1) is 12.8. The summed E-state index contributed by atoms with van der Waals surface area (Å²) in [4.78, 5) is 6.79. The quantitative estimate of drug-likeness (QED) is 0.351. The van der Waals surface area contributed by atoms with Crippen molar-refractivity contribution in [1.29, 1.82) is 0 Å². The average molecular weight is 488 g/mol. The van der Waals surface area contributed by atoms with E-state index in [1.54, 1.807) is 0 Å².